The number of nitrogens with zero attached hydrogens (tertiary/aromatic N) is 1. The molecule has 28 heavy (non-hydrogen) atoms. The summed E-state index contributed by atoms with van der Waals surface area (Å²) in [6, 6.07) is 16.5. The van der Waals surface area contributed by atoms with Gasteiger partial charge in [0.05, 0.1) is 12.8 Å². The summed E-state index contributed by atoms with van der Waals surface area (Å²) in [5, 5.41) is 0. The third-order valence-corrected chi connectivity index (χ3v) is 4.02. The molecular formula is C22H21NO5. The van der Waals surface area contributed by atoms with Crippen LogP contribution >= 0.6 is 0 Å². The Morgan fingerprint density at radius 2 is 1.79 bits per heavy atom. The SMILES string of the molecule is CC(=O)c1ccc(OCCCC(=O)OCc2ncc(-c3ccccc3)o2)cc1. The monoisotopic (exact) mass is 379 g/mol. The molecule has 0 aliphatic carbocycles. The molecule has 6 nitrogen and oxygen atoms in total. The van der Waals surface area contributed by atoms with Crippen LogP contribution in [0.25, 0.3) is 11.3 Å². The molecule has 0 N–H and O–H groups in total. The van der Waals surface area contributed by atoms with Crippen LogP contribution in [0.3, 0.4) is 0 Å². The van der Waals surface area contributed by atoms with Gasteiger partial charge in [-0.15, -0.1) is 0 Å². The Labute approximate surface area is 163 Å². The standard InChI is InChI=1S/C22H21NO5/c1-16(24)17-9-11-19(12-10-17)26-13-5-8-22(25)27-15-21-23-14-20(28-21)18-6-3-2-4-7-18/h2-4,6-7,9-12,14H,5,8,13,15H2,1H3. The predicted octanol–water partition coefficient (Wildman–Crippen LogP) is 4.45. The number of Topliss-reactive ketones (excluding diaryl/α,β-unsaturated/α-hetero) is 1. The highest BCUT2D eigenvalue weighted by Gasteiger charge is 2.09. The van der Waals surface area contributed by atoms with Gasteiger partial charge in [-0.1, -0.05) is 30.3 Å². The van der Waals surface area contributed by atoms with E-state index in [1.165, 1.54) is 6.92 Å². The number of ketones is 1. The molecule has 0 atom stereocenters. The van der Waals surface area contributed by atoms with Crippen molar-refractivity contribution in [1.29, 1.82) is 0 Å². The number of hydrogen-bond donors (Lipinski definition) is 0. The zero-order valence-corrected chi connectivity index (χ0v) is 15.6. The Bertz CT molecular complexity index is 916. The molecule has 0 aliphatic heterocycles. The van der Waals surface area contributed by atoms with E-state index in [2.05, 4.69) is 4.98 Å². The van der Waals surface area contributed by atoms with Crippen molar-refractivity contribution in [3.05, 3.63) is 72.2 Å². The van der Waals surface area contributed by atoms with Gasteiger partial charge in [0, 0.05) is 17.5 Å². The maximum absolute atomic E-state index is 11.8. The highest BCUT2D eigenvalue weighted by molar-refractivity contribution is 5.94. The van der Waals surface area contributed by atoms with E-state index in [1.807, 2.05) is 30.3 Å². The van der Waals surface area contributed by atoms with Gasteiger partial charge >= 0.3 is 5.97 Å². The van der Waals surface area contributed by atoms with Crippen LogP contribution in [0.15, 0.2) is 65.2 Å². The van der Waals surface area contributed by atoms with Crippen molar-refractivity contribution in [3.63, 3.8) is 0 Å². The van der Waals surface area contributed by atoms with E-state index >= 15 is 0 Å². The molecule has 1 aromatic heterocycles. The third-order valence-electron chi connectivity index (χ3n) is 4.02. The minimum absolute atomic E-state index is 0.000960. The van der Waals surface area contributed by atoms with Crippen molar-refractivity contribution in [2.45, 2.75) is 26.4 Å². The summed E-state index contributed by atoms with van der Waals surface area (Å²) in [6.45, 7) is 1.90. The molecule has 3 rings (SSSR count). The maximum Gasteiger partial charge on any atom is 0.306 e. The number of hydrogen-bond acceptors (Lipinski definition) is 6. The lowest BCUT2D eigenvalue weighted by molar-refractivity contribution is -0.145. The molecule has 0 fully saturated rings. The zero-order valence-electron chi connectivity index (χ0n) is 15.6. The summed E-state index contributed by atoms with van der Waals surface area (Å²) >= 11 is 0. The van der Waals surface area contributed by atoms with Crippen LogP contribution < -0.4 is 4.74 Å². The molecule has 0 amide bonds. The van der Waals surface area contributed by atoms with Gasteiger partial charge in [-0.05, 0) is 37.6 Å². The Hall–Kier alpha value is -3.41. The third kappa shape index (κ3) is 5.54. The van der Waals surface area contributed by atoms with Crippen LogP contribution in [0, 0.1) is 0 Å². The number of ether oxygens (including phenoxy) is 2. The molecule has 144 valence electrons. The van der Waals surface area contributed by atoms with Crippen LogP contribution in [-0.2, 0) is 16.1 Å². The van der Waals surface area contributed by atoms with Gasteiger partial charge in [0.25, 0.3) is 0 Å². The van der Waals surface area contributed by atoms with Crippen molar-refractivity contribution >= 4 is 11.8 Å². The van der Waals surface area contributed by atoms with E-state index in [0.29, 0.717) is 36.0 Å². The lowest BCUT2D eigenvalue weighted by Gasteiger charge is -2.06. The molecule has 3 aromatic rings. The number of carbonyl (C=O) groups is 2. The normalized spacial score (nSPS) is 10.5. The highest BCUT2D eigenvalue weighted by Crippen LogP contribution is 2.20. The lowest BCUT2D eigenvalue weighted by Crippen LogP contribution is -2.07. The van der Waals surface area contributed by atoms with Gasteiger partial charge in [0.1, 0.15) is 5.75 Å². The zero-order chi connectivity index (χ0) is 19.8. The quantitative estimate of drug-likeness (QED) is 0.311. The van der Waals surface area contributed by atoms with Gasteiger partial charge < -0.3 is 13.9 Å². The van der Waals surface area contributed by atoms with Gasteiger partial charge in [0.2, 0.25) is 5.89 Å². The van der Waals surface area contributed by atoms with Crippen molar-refractivity contribution in [3.8, 4) is 17.1 Å². The van der Waals surface area contributed by atoms with Crippen LogP contribution in [0.4, 0.5) is 0 Å². The van der Waals surface area contributed by atoms with Gasteiger partial charge in [-0.2, -0.15) is 0 Å². The number of oxazole rings is 1. The highest BCUT2D eigenvalue weighted by atomic mass is 16.5. The van der Waals surface area contributed by atoms with Crippen molar-refractivity contribution in [1.82, 2.24) is 4.98 Å². The summed E-state index contributed by atoms with van der Waals surface area (Å²) in [5.74, 6) is 1.32. The van der Waals surface area contributed by atoms with E-state index in [9.17, 15) is 9.59 Å². The minimum Gasteiger partial charge on any atom is -0.494 e. The van der Waals surface area contributed by atoms with Crippen LogP contribution in [-0.4, -0.2) is 23.3 Å². The second-order valence-corrected chi connectivity index (χ2v) is 6.18. The summed E-state index contributed by atoms with van der Waals surface area (Å²) in [5.41, 5.74) is 1.55. The van der Waals surface area contributed by atoms with Crippen molar-refractivity contribution < 1.29 is 23.5 Å². The van der Waals surface area contributed by atoms with Crippen LogP contribution in [0.5, 0.6) is 5.75 Å². The smallest absolute Gasteiger partial charge is 0.306 e. The van der Waals surface area contributed by atoms with Gasteiger partial charge in [-0.3, -0.25) is 9.59 Å². The Kier molecular flexibility index (Phi) is 6.57. The topological polar surface area (TPSA) is 78.6 Å². The first kappa shape index (κ1) is 19.4. The Morgan fingerprint density at radius 1 is 1.04 bits per heavy atom. The first-order chi connectivity index (χ1) is 13.6. The van der Waals surface area contributed by atoms with Crippen LogP contribution in [0.2, 0.25) is 0 Å². The maximum atomic E-state index is 11.8. The predicted molar refractivity (Wildman–Crippen MR) is 103 cm³/mol. The van der Waals surface area contributed by atoms with E-state index in [1.54, 1.807) is 30.5 Å². The number of rotatable bonds is 9. The summed E-state index contributed by atoms with van der Waals surface area (Å²) < 4.78 is 16.3. The summed E-state index contributed by atoms with van der Waals surface area (Å²) in [4.78, 5) is 27.2. The molecule has 0 spiro atoms. The van der Waals surface area contributed by atoms with E-state index < -0.39 is 0 Å². The molecule has 6 heteroatoms. The Morgan fingerprint density at radius 3 is 2.50 bits per heavy atom. The van der Waals surface area contributed by atoms with Crippen LogP contribution in [0.1, 0.15) is 36.0 Å². The molecule has 0 saturated carbocycles. The molecule has 0 bridgehead atoms. The fourth-order valence-corrected chi connectivity index (χ4v) is 2.52. The number of carbonyl (C=O) groups excluding carboxylic acids is 2. The number of esters is 1. The first-order valence-corrected chi connectivity index (χ1v) is 9.01. The van der Waals surface area contributed by atoms with Gasteiger partial charge in [-0.25, -0.2) is 4.98 Å². The average Bonchev–Trinajstić information content (AvgIpc) is 3.20. The molecule has 2 aromatic carbocycles. The fourth-order valence-electron chi connectivity index (χ4n) is 2.52. The van der Waals surface area contributed by atoms with Crippen molar-refractivity contribution in [2.24, 2.45) is 0 Å². The molecule has 1 heterocycles. The second-order valence-electron chi connectivity index (χ2n) is 6.18. The number of benzene rings is 2. The lowest BCUT2D eigenvalue weighted by atomic mass is 10.1. The van der Waals surface area contributed by atoms with E-state index in [0.717, 1.165) is 5.56 Å². The Balaban J connectivity index is 1.36. The molecule has 0 saturated heterocycles. The fraction of sp³-hybridized carbons (Fsp3) is 0.227. The summed E-state index contributed by atoms with van der Waals surface area (Å²) in [7, 11) is 0. The van der Waals surface area contributed by atoms with Gasteiger partial charge in [0.15, 0.2) is 18.2 Å². The van der Waals surface area contributed by atoms with E-state index in [4.69, 9.17) is 13.9 Å². The molecular weight excluding hydrogens is 358 g/mol. The molecule has 0 unspecified atom stereocenters. The molecule has 0 aliphatic rings. The number of aromatic nitrogens is 1. The summed E-state index contributed by atoms with van der Waals surface area (Å²) in [6.07, 6.45) is 2.37. The molecule has 0 radical (unpaired) electrons. The second kappa shape index (κ2) is 9.50. The first-order valence-electron chi connectivity index (χ1n) is 9.01. The van der Waals surface area contributed by atoms with E-state index in [-0.39, 0.29) is 24.8 Å². The minimum atomic E-state index is -0.338. The average molecular weight is 379 g/mol. The van der Waals surface area contributed by atoms with Crippen molar-refractivity contribution in [2.75, 3.05) is 6.61 Å². The largest absolute Gasteiger partial charge is 0.494 e.